The lowest BCUT2D eigenvalue weighted by molar-refractivity contribution is -0.00867. The second-order valence-electron chi connectivity index (χ2n) is 5.15. The van der Waals surface area contributed by atoms with Crippen molar-refractivity contribution < 1.29 is 5.11 Å². The number of aliphatic hydroxyl groups is 1. The smallest absolute Gasteiger partial charge is 0.0434 e. The fraction of sp³-hybridized carbons (Fsp3) is 0.833. The minimum absolute atomic E-state index is 0.341. The van der Waals surface area contributed by atoms with Gasteiger partial charge in [-0.2, -0.15) is 0 Å². The summed E-state index contributed by atoms with van der Waals surface area (Å²) in [5, 5.41) is 8.80. The highest BCUT2D eigenvalue weighted by Gasteiger charge is 2.50. The molecule has 0 aromatic rings. The Morgan fingerprint density at radius 1 is 1.54 bits per heavy atom. The van der Waals surface area contributed by atoms with Crippen molar-refractivity contribution in [2.75, 3.05) is 6.61 Å². The van der Waals surface area contributed by atoms with Gasteiger partial charge in [0.15, 0.2) is 0 Å². The van der Waals surface area contributed by atoms with Crippen molar-refractivity contribution in [1.82, 2.24) is 0 Å². The van der Waals surface area contributed by atoms with Crippen LogP contribution < -0.4 is 0 Å². The Balaban J connectivity index is 2.01. The molecular weight excluding hydrogens is 160 g/mol. The molecule has 0 aromatic carbocycles. The Morgan fingerprint density at radius 2 is 2.31 bits per heavy atom. The summed E-state index contributed by atoms with van der Waals surface area (Å²) in [5.74, 6) is 1.77. The number of rotatable bonds is 3. The first-order valence-electron chi connectivity index (χ1n) is 5.46. The largest absolute Gasteiger partial charge is 0.396 e. The van der Waals surface area contributed by atoms with E-state index >= 15 is 0 Å². The van der Waals surface area contributed by atoms with Crippen LogP contribution in [0.4, 0.5) is 0 Å². The average Bonchev–Trinajstić information content (AvgIpc) is 2.14. The first kappa shape index (κ1) is 9.26. The number of aliphatic hydroxyl groups excluding tert-OH is 1. The summed E-state index contributed by atoms with van der Waals surface area (Å²) in [4.78, 5) is 0. The van der Waals surface area contributed by atoms with Gasteiger partial charge < -0.3 is 5.11 Å². The molecule has 2 bridgehead atoms. The predicted octanol–water partition coefficient (Wildman–Crippen LogP) is 2.75. The van der Waals surface area contributed by atoms with E-state index in [1.54, 1.807) is 5.57 Å². The summed E-state index contributed by atoms with van der Waals surface area (Å²) < 4.78 is 0. The summed E-state index contributed by atoms with van der Waals surface area (Å²) in [5.41, 5.74) is 2.18. The van der Waals surface area contributed by atoms with Gasteiger partial charge in [-0.1, -0.05) is 25.5 Å². The Morgan fingerprint density at radius 3 is 2.85 bits per heavy atom. The Labute approximate surface area is 80.8 Å². The van der Waals surface area contributed by atoms with E-state index in [4.69, 9.17) is 5.11 Å². The van der Waals surface area contributed by atoms with Crippen LogP contribution in [-0.4, -0.2) is 11.7 Å². The molecular formula is C12H20O. The molecule has 3 aliphatic rings. The lowest BCUT2D eigenvalue weighted by atomic mass is 9.48. The molecule has 0 saturated heterocycles. The van der Waals surface area contributed by atoms with Crippen LogP contribution in [0.3, 0.4) is 0 Å². The number of hydrogen-bond donors (Lipinski definition) is 1. The monoisotopic (exact) mass is 180 g/mol. The summed E-state index contributed by atoms with van der Waals surface area (Å²) >= 11 is 0. The second-order valence-corrected chi connectivity index (χ2v) is 5.15. The molecule has 3 aliphatic carbocycles. The quantitative estimate of drug-likeness (QED) is 0.662. The van der Waals surface area contributed by atoms with E-state index in [-0.39, 0.29) is 0 Å². The standard InChI is InChI=1S/C12H20O/c1-12(2)10-6-5-9(4-3-7-13)11(12)8-10/h5,10-11,13H,3-4,6-8H2,1-2H3. The normalized spacial score (nSPS) is 35.2. The van der Waals surface area contributed by atoms with E-state index in [2.05, 4.69) is 19.9 Å². The molecule has 0 amide bonds. The highest BCUT2D eigenvalue weighted by atomic mass is 16.2. The highest BCUT2D eigenvalue weighted by molar-refractivity contribution is 5.23. The van der Waals surface area contributed by atoms with Crippen LogP contribution in [0, 0.1) is 17.3 Å². The van der Waals surface area contributed by atoms with Gasteiger partial charge in [0.05, 0.1) is 0 Å². The van der Waals surface area contributed by atoms with Crippen LogP contribution in [0.25, 0.3) is 0 Å². The van der Waals surface area contributed by atoms with E-state index in [1.807, 2.05) is 0 Å². The van der Waals surface area contributed by atoms with Crippen molar-refractivity contribution in [1.29, 1.82) is 0 Å². The average molecular weight is 180 g/mol. The van der Waals surface area contributed by atoms with Gasteiger partial charge in [0, 0.05) is 6.61 Å². The number of allylic oxidation sites excluding steroid dienone is 2. The number of fused-ring (bicyclic) bond motifs is 1. The van der Waals surface area contributed by atoms with E-state index < -0.39 is 0 Å². The van der Waals surface area contributed by atoms with Crippen molar-refractivity contribution >= 4 is 0 Å². The van der Waals surface area contributed by atoms with Gasteiger partial charge in [-0.15, -0.1) is 0 Å². The van der Waals surface area contributed by atoms with Crippen LogP contribution in [0.1, 0.15) is 39.5 Å². The minimum atomic E-state index is 0.341. The Kier molecular flexibility index (Phi) is 2.23. The third-order valence-electron chi connectivity index (χ3n) is 4.21. The van der Waals surface area contributed by atoms with E-state index in [0.29, 0.717) is 12.0 Å². The van der Waals surface area contributed by atoms with Crippen molar-refractivity contribution in [3.8, 4) is 0 Å². The lowest BCUT2D eigenvalue weighted by Gasteiger charge is -2.56. The van der Waals surface area contributed by atoms with Crippen molar-refractivity contribution in [2.24, 2.45) is 17.3 Å². The van der Waals surface area contributed by atoms with Gasteiger partial charge in [0.2, 0.25) is 0 Å². The highest BCUT2D eigenvalue weighted by Crippen LogP contribution is 2.59. The van der Waals surface area contributed by atoms with E-state index in [0.717, 1.165) is 24.7 Å². The van der Waals surface area contributed by atoms with Crippen LogP contribution in [0.2, 0.25) is 0 Å². The molecule has 1 nitrogen and oxygen atoms in total. The molecule has 0 spiro atoms. The molecule has 0 aliphatic heterocycles. The molecule has 1 N–H and O–H groups in total. The zero-order chi connectivity index (χ0) is 9.47. The maximum absolute atomic E-state index is 8.80. The minimum Gasteiger partial charge on any atom is -0.396 e. The summed E-state index contributed by atoms with van der Waals surface area (Å²) in [6, 6.07) is 0. The van der Waals surface area contributed by atoms with Gasteiger partial charge in [-0.05, 0) is 42.9 Å². The Bertz CT molecular complexity index is 227. The van der Waals surface area contributed by atoms with Crippen LogP contribution in [0.15, 0.2) is 11.6 Å². The molecule has 1 fully saturated rings. The fourth-order valence-corrected chi connectivity index (χ4v) is 3.04. The van der Waals surface area contributed by atoms with Crippen molar-refractivity contribution in [2.45, 2.75) is 39.5 Å². The maximum Gasteiger partial charge on any atom is 0.0434 e. The lowest BCUT2D eigenvalue weighted by Crippen LogP contribution is -2.48. The summed E-state index contributed by atoms with van der Waals surface area (Å²) in [6.45, 7) is 5.14. The molecule has 13 heavy (non-hydrogen) atoms. The van der Waals surface area contributed by atoms with Crippen molar-refractivity contribution in [3.63, 3.8) is 0 Å². The van der Waals surface area contributed by atoms with Gasteiger partial charge in [-0.3, -0.25) is 0 Å². The van der Waals surface area contributed by atoms with Gasteiger partial charge in [0.1, 0.15) is 0 Å². The third-order valence-corrected chi connectivity index (χ3v) is 4.21. The summed E-state index contributed by atoms with van der Waals surface area (Å²) in [7, 11) is 0. The van der Waals surface area contributed by atoms with E-state index in [9.17, 15) is 0 Å². The van der Waals surface area contributed by atoms with Crippen LogP contribution >= 0.6 is 0 Å². The van der Waals surface area contributed by atoms with Crippen LogP contribution in [-0.2, 0) is 0 Å². The zero-order valence-electron chi connectivity index (χ0n) is 8.71. The Hall–Kier alpha value is -0.300. The maximum atomic E-state index is 8.80. The fourth-order valence-electron chi connectivity index (χ4n) is 3.04. The number of hydrogen-bond acceptors (Lipinski definition) is 1. The SMILES string of the molecule is CC1(C)C2CC=C(CCCO)C1C2. The first-order valence-corrected chi connectivity index (χ1v) is 5.46. The van der Waals surface area contributed by atoms with Gasteiger partial charge in [-0.25, -0.2) is 0 Å². The summed E-state index contributed by atoms with van der Waals surface area (Å²) in [6.07, 6.45) is 7.19. The third kappa shape index (κ3) is 1.34. The molecule has 0 heterocycles. The topological polar surface area (TPSA) is 20.2 Å². The predicted molar refractivity (Wildman–Crippen MR) is 54.4 cm³/mol. The molecule has 0 aromatic heterocycles. The zero-order valence-corrected chi connectivity index (χ0v) is 8.71. The molecule has 2 atom stereocenters. The molecule has 0 radical (unpaired) electrons. The molecule has 1 heteroatoms. The van der Waals surface area contributed by atoms with Gasteiger partial charge >= 0.3 is 0 Å². The molecule has 1 saturated carbocycles. The molecule has 2 unspecified atom stereocenters. The second kappa shape index (κ2) is 3.13. The first-order chi connectivity index (χ1) is 6.16. The van der Waals surface area contributed by atoms with Crippen LogP contribution in [0.5, 0.6) is 0 Å². The molecule has 74 valence electrons. The van der Waals surface area contributed by atoms with Crippen molar-refractivity contribution in [3.05, 3.63) is 11.6 Å². The molecule has 3 rings (SSSR count). The van der Waals surface area contributed by atoms with E-state index in [1.165, 1.54) is 12.8 Å². The van der Waals surface area contributed by atoms with Gasteiger partial charge in [0.25, 0.3) is 0 Å².